The number of anilines is 1. The molecule has 0 radical (unpaired) electrons. The van der Waals surface area contributed by atoms with Crippen LogP contribution in [0.1, 0.15) is 85.1 Å². The Kier molecular flexibility index (Phi) is 13.1. The topological polar surface area (TPSA) is 181 Å². The molecule has 3 heterocycles. The van der Waals surface area contributed by atoms with Crippen molar-refractivity contribution in [3.8, 4) is 22.1 Å². The monoisotopic (exact) mass is 789 g/mol. The van der Waals surface area contributed by atoms with Crippen molar-refractivity contribution in [1.29, 1.82) is 0 Å². The van der Waals surface area contributed by atoms with Crippen molar-refractivity contribution < 1.29 is 33.4 Å². The van der Waals surface area contributed by atoms with Gasteiger partial charge >= 0.3 is 6.03 Å². The Morgan fingerprint density at radius 2 is 1.75 bits per heavy atom. The Balaban J connectivity index is 0.00000111. The molecule has 15 heteroatoms. The van der Waals surface area contributed by atoms with Crippen molar-refractivity contribution in [2.24, 2.45) is 11.3 Å². The summed E-state index contributed by atoms with van der Waals surface area (Å²) in [6.07, 6.45) is 10.6. The third-order valence-corrected chi connectivity index (χ3v) is 11.6. The fraction of sp³-hybridized carbons (Fsp3) is 0.537. The number of ether oxygens (including phenoxy) is 2. The minimum absolute atomic E-state index is 0.0262. The number of ketones is 1. The first-order valence-corrected chi connectivity index (χ1v) is 20.0. The van der Waals surface area contributed by atoms with Crippen molar-refractivity contribution >= 4 is 56.9 Å². The highest BCUT2D eigenvalue weighted by Gasteiger charge is 2.59. The lowest BCUT2D eigenvalue weighted by Gasteiger charge is -2.35. The maximum atomic E-state index is 14.3. The zero-order chi connectivity index (χ0) is 40.9. The number of urea groups is 1. The van der Waals surface area contributed by atoms with Crippen LogP contribution in [0.15, 0.2) is 37.1 Å². The van der Waals surface area contributed by atoms with Gasteiger partial charge in [-0.05, 0) is 37.8 Å². The first-order chi connectivity index (χ1) is 26.5. The van der Waals surface area contributed by atoms with Crippen molar-refractivity contribution in [2.45, 2.75) is 110 Å². The molecule has 0 unspecified atom stereocenters. The Hall–Kier alpha value is -5.05. The molecule has 1 aromatic carbocycles. The fourth-order valence-electron chi connectivity index (χ4n) is 7.39. The second-order valence-corrected chi connectivity index (χ2v) is 16.9. The Morgan fingerprint density at radius 1 is 1.07 bits per heavy atom. The summed E-state index contributed by atoms with van der Waals surface area (Å²) in [6.45, 7) is 14.0. The first-order valence-electron chi connectivity index (χ1n) is 19.2. The van der Waals surface area contributed by atoms with Gasteiger partial charge in [-0.2, -0.15) is 0 Å². The van der Waals surface area contributed by atoms with Crippen LogP contribution in [0.4, 0.5) is 9.93 Å². The number of rotatable bonds is 11. The highest BCUT2D eigenvalue weighted by atomic mass is 32.1. The van der Waals surface area contributed by atoms with Crippen LogP contribution >= 0.6 is 11.3 Å². The van der Waals surface area contributed by atoms with Crippen LogP contribution in [-0.4, -0.2) is 88.8 Å². The van der Waals surface area contributed by atoms with E-state index < -0.39 is 47.0 Å². The van der Waals surface area contributed by atoms with Gasteiger partial charge in [0.1, 0.15) is 35.2 Å². The molecule has 1 saturated heterocycles. The summed E-state index contributed by atoms with van der Waals surface area (Å²) in [6, 6.07) is 2.91. The number of amides is 5. The minimum Gasteiger partial charge on any atom is -0.496 e. The molecule has 2 aliphatic carbocycles. The Morgan fingerprint density at radius 3 is 2.30 bits per heavy atom. The lowest BCUT2D eigenvalue weighted by Crippen LogP contribution is -2.59. The summed E-state index contributed by atoms with van der Waals surface area (Å²) in [5, 5.41) is 12.0. The molecular formula is C41H55N7O7S. The number of hydrogen-bond acceptors (Lipinski definition) is 10. The summed E-state index contributed by atoms with van der Waals surface area (Å²) >= 11 is 1.25. The number of thiazole rings is 1. The van der Waals surface area contributed by atoms with Gasteiger partial charge in [-0.1, -0.05) is 70.3 Å². The Bertz CT molecular complexity index is 1980. The standard InChI is InChI=1S/C36H45N7O7S.C5H10/c1-10-21-15-36(21,19(3)44)42-31(46)25-13-22(17-43(25)32(47)30(35(5,6)7)41-33(48)37-8)50-27-14-24(28-16-38-34(51-28)39-20(4)45)40-29-18(2)26(49-9)12-11-23(27)29;1-2-4-5-3-1/h10-12,14,16,21-22,25,30H,1,13,15,17H2,2-9H3,(H,42,46)(H2,37,41,48)(H,38,39,45);1-5H2/t21-,22-,25+,30-,36+;/m1./s1. The van der Waals surface area contributed by atoms with E-state index in [0.717, 1.165) is 5.56 Å². The number of carbonyl (C=O) groups excluding carboxylic acids is 5. The number of benzene rings is 1. The average Bonchev–Trinajstić information content (AvgIpc) is 3.64. The zero-order valence-electron chi connectivity index (χ0n) is 33.7. The number of methoxy groups -OCH3 is 1. The van der Waals surface area contributed by atoms with Gasteiger partial charge in [0.15, 0.2) is 10.9 Å². The second-order valence-electron chi connectivity index (χ2n) is 15.8. The number of nitrogens with one attached hydrogen (secondary N) is 4. The van der Waals surface area contributed by atoms with Crippen molar-refractivity contribution in [3.05, 3.63) is 42.6 Å². The van der Waals surface area contributed by atoms with E-state index in [2.05, 4.69) is 32.8 Å². The molecule has 56 heavy (non-hydrogen) atoms. The molecule has 6 rings (SSSR count). The van der Waals surface area contributed by atoms with Crippen molar-refractivity contribution in [2.75, 3.05) is 26.0 Å². The van der Waals surface area contributed by atoms with Crippen molar-refractivity contribution in [1.82, 2.24) is 30.8 Å². The SMILES string of the molecule is C1CCCC1.C=C[C@@H]1C[C@]1(NC(=O)[C@@H]1C[C@@H](Oc2cc(-c3cnc(NC(C)=O)s3)nc3c(C)c(OC)ccc23)CN1C(=O)[C@@H](NC(=O)NC)C(C)(C)C)C(C)=O. The number of fused-ring (bicyclic) bond motifs is 1. The molecule has 302 valence electrons. The van der Waals surface area contributed by atoms with Crippen molar-refractivity contribution in [3.63, 3.8) is 0 Å². The van der Waals surface area contributed by atoms with Gasteiger partial charge in [0.2, 0.25) is 17.7 Å². The van der Waals surface area contributed by atoms with E-state index in [1.54, 1.807) is 25.4 Å². The number of pyridine rings is 1. The first kappa shape index (κ1) is 42.1. The summed E-state index contributed by atoms with van der Waals surface area (Å²) in [4.78, 5) is 76.6. The largest absolute Gasteiger partial charge is 0.496 e. The molecule has 2 saturated carbocycles. The van der Waals surface area contributed by atoms with E-state index in [1.807, 2.05) is 39.8 Å². The van der Waals surface area contributed by atoms with Gasteiger partial charge < -0.3 is 35.6 Å². The fourth-order valence-corrected chi connectivity index (χ4v) is 8.22. The van der Waals surface area contributed by atoms with Crippen LogP contribution < -0.4 is 30.7 Å². The molecule has 0 bridgehead atoms. The molecular weight excluding hydrogens is 735 g/mol. The van der Waals surface area contributed by atoms with Crippen LogP contribution in [0.5, 0.6) is 11.5 Å². The normalized spacial score (nSPS) is 21.9. The summed E-state index contributed by atoms with van der Waals surface area (Å²) in [5.74, 6) is -0.512. The number of carbonyl (C=O) groups is 5. The van der Waals surface area contributed by atoms with Gasteiger partial charge in [-0.25, -0.2) is 14.8 Å². The van der Waals surface area contributed by atoms with Crippen LogP contribution in [0, 0.1) is 18.3 Å². The maximum Gasteiger partial charge on any atom is 0.315 e. The third kappa shape index (κ3) is 9.31. The van der Waals surface area contributed by atoms with E-state index >= 15 is 0 Å². The van der Waals surface area contributed by atoms with Crippen LogP contribution in [-0.2, 0) is 19.2 Å². The molecule has 5 atom stereocenters. The average molecular weight is 790 g/mol. The molecule has 2 aromatic heterocycles. The number of nitrogens with zero attached hydrogens (tertiary/aromatic N) is 3. The van der Waals surface area contributed by atoms with Gasteiger partial charge in [0.05, 0.1) is 29.7 Å². The van der Waals surface area contributed by atoms with Crippen LogP contribution in [0.2, 0.25) is 0 Å². The molecule has 0 spiro atoms. The van der Waals surface area contributed by atoms with E-state index in [9.17, 15) is 24.0 Å². The number of likely N-dealkylation sites (tertiary alicyclic amines) is 1. The zero-order valence-corrected chi connectivity index (χ0v) is 34.5. The predicted molar refractivity (Wildman–Crippen MR) is 217 cm³/mol. The molecule has 5 amide bonds. The molecule has 14 nitrogen and oxygen atoms in total. The number of aryl methyl sites for hydroxylation is 1. The summed E-state index contributed by atoms with van der Waals surface area (Å²) < 4.78 is 12.3. The van der Waals surface area contributed by atoms with Gasteiger partial charge in [-0.3, -0.25) is 19.2 Å². The molecule has 3 fully saturated rings. The van der Waals surface area contributed by atoms with Crippen LogP contribution in [0.3, 0.4) is 0 Å². The minimum atomic E-state index is -1.08. The van der Waals surface area contributed by atoms with E-state index in [0.29, 0.717) is 44.5 Å². The van der Waals surface area contributed by atoms with E-state index in [1.165, 1.54) is 69.2 Å². The number of hydrogen-bond donors (Lipinski definition) is 4. The second kappa shape index (κ2) is 17.4. The molecule has 1 aliphatic heterocycles. The molecule has 4 N–H and O–H groups in total. The smallest absolute Gasteiger partial charge is 0.315 e. The van der Waals surface area contributed by atoms with Gasteiger partial charge in [0.25, 0.3) is 0 Å². The lowest BCUT2D eigenvalue weighted by molar-refractivity contribution is -0.142. The summed E-state index contributed by atoms with van der Waals surface area (Å²) in [5.41, 5.74) is 0.142. The molecule has 3 aliphatic rings. The van der Waals surface area contributed by atoms with Gasteiger partial charge in [-0.15, -0.1) is 6.58 Å². The maximum absolute atomic E-state index is 14.3. The highest BCUT2D eigenvalue weighted by molar-refractivity contribution is 7.19. The highest BCUT2D eigenvalue weighted by Crippen LogP contribution is 2.45. The predicted octanol–water partition coefficient (Wildman–Crippen LogP) is 5.93. The summed E-state index contributed by atoms with van der Waals surface area (Å²) in [7, 11) is 3.03. The Labute approximate surface area is 332 Å². The quantitative estimate of drug-likeness (QED) is 0.171. The molecule has 3 aromatic rings. The van der Waals surface area contributed by atoms with Crippen LogP contribution in [0.25, 0.3) is 21.5 Å². The number of aromatic nitrogens is 2. The van der Waals surface area contributed by atoms with E-state index in [4.69, 9.17) is 14.5 Å². The van der Waals surface area contributed by atoms with E-state index in [-0.39, 0.29) is 30.6 Å². The third-order valence-electron chi connectivity index (χ3n) is 10.7. The van der Waals surface area contributed by atoms with Gasteiger partial charge in [0, 0.05) is 49.5 Å². The number of Topliss-reactive ketones (excluding diaryl/α,β-unsaturated/α-hetero) is 1. The lowest BCUT2D eigenvalue weighted by atomic mass is 9.85.